The van der Waals surface area contributed by atoms with Crippen molar-refractivity contribution in [2.24, 2.45) is 0 Å². The Kier molecular flexibility index (Phi) is 9.22. The highest BCUT2D eigenvalue weighted by Crippen LogP contribution is 2.32. The molecule has 0 fully saturated rings. The summed E-state index contributed by atoms with van der Waals surface area (Å²) >= 11 is 0. The van der Waals surface area contributed by atoms with Gasteiger partial charge in [0.05, 0.1) is 18.5 Å². The van der Waals surface area contributed by atoms with Gasteiger partial charge in [0.15, 0.2) is 11.6 Å². The number of hydrogen-bond acceptors (Lipinski definition) is 3. The third kappa shape index (κ3) is 6.72. The second kappa shape index (κ2) is 13.4. The number of aromatic nitrogens is 2. The fourth-order valence-corrected chi connectivity index (χ4v) is 5.12. The van der Waals surface area contributed by atoms with Crippen LogP contribution >= 0.6 is 0 Å². The number of benzene rings is 4. The summed E-state index contributed by atoms with van der Waals surface area (Å²) in [4.78, 5) is 7.36. The van der Waals surface area contributed by atoms with Crippen molar-refractivity contribution < 1.29 is 13.5 Å². The van der Waals surface area contributed by atoms with Crippen molar-refractivity contribution in [1.82, 2.24) is 14.5 Å². The van der Waals surface area contributed by atoms with Crippen LogP contribution in [0.5, 0.6) is 5.75 Å². The van der Waals surface area contributed by atoms with Gasteiger partial charge < -0.3 is 9.30 Å². The number of methoxy groups -OCH3 is 1. The predicted molar refractivity (Wildman–Crippen MR) is 160 cm³/mol. The molecule has 41 heavy (non-hydrogen) atoms. The van der Waals surface area contributed by atoms with E-state index in [0.717, 1.165) is 65.1 Å². The first-order chi connectivity index (χ1) is 20.1. The fourth-order valence-electron chi connectivity index (χ4n) is 5.12. The van der Waals surface area contributed by atoms with E-state index in [1.54, 1.807) is 19.2 Å². The van der Waals surface area contributed by atoms with Gasteiger partial charge in [-0.2, -0.15) is 0 Å². The summed E-state index contributed by atoms with van der Waals surface area (Å²) in [6.45, 7) is 4.26. The predicted octanol–water partition coefficient (Wildman–Crippen LogP) is 8.51. The molecule has 0 amide bonds. The second-order valence-corrected chi connectivity index (χ2v) is 10.2. The lowest BCUT2D eigenvalue weighted by molar-refractivity contribution is 0.237. The maximum atomic E-state index is 14.9. The zero-order valence-corrected chi connectivity index (χ0v) is 23.6. The van der Waals surface area contributed by atoms with Gasteiger partial charge in [-0.3, -0.25) is 4.90 Å². The van der Waals surface area contributed by atoms with E-state index in [9.17, 15) is 8.78 Å². The van der Waals surface area contributed by atoms with Crippen LogP contribution in [0.3, 0.4) is 0 Å². The lowest BCUT2D eigenvalue weighted by atomic mass is 10.1. The molecule has 0 aliphatic heterocycles. The monoisotopic (exact) mass is 551 g/mol. The maximum absolute atomic E-state index is 14.9. The van der Waals surface area contributed by atoms with E-state index in [2.05, 4.69) is 40.7 Å². The van der Waals surface area contributed by atoms with Gasteiger partial charge in [-0.15, -0.1) is 0 Å². The van der Waals surface area contributed by atoms with Crippen molar-refractivity contribution in [2.45, 2.75) is 45.9 Å². The number of nitrogens with zero attached hydrogens (tertiary/aromatic N) is 3. The molecule has 0 N–H and O–H groups in total. The van der Waals surface area contributed by atoms with Gasteiger partial charge in [0, 0.05) is 42.9 Å². The van der Waals surface area contributed by atoms with Crippen LogP contribution < -0.4 is 4.74 Å². The molecule has 0 saturated carbocycles. The number of ether oxygens (including phenoxy) is 1. The van der Waals surface area contributed by atoms with Crippen molar-refractivity contribution in [3.05, 3.63) is 132 Å². The molecular weight excluding hydrogens is 516 g/mol. The summed E-state index contributed by atoms with van der Waals surface area (Å²) in [7, 11) is 1.64. The summed E-state index contributed by atoms with van der Waals surface area (Å²) in [6.07, 6.45) is 2.03. The molecule has 0 saturated heterocycles. The summed E-state index contributed by atoms with van der Waals surface area (Å²) in [6, 6.07) is 32.6. The average molecular weight is 552 g/mol. The summed E-state index contributed by atoms with van der Waals surface area (Å²) in [5, 5.41) is 0. The summed E-state index contributed by atoms with van der Waals surface area (Å²) in [5.74, 6) is 0.0402. The Labute approximate surface area is 240 Å². The van der Waals surface area contributed by atoms with Crippen LogP contribution in [0.2, 0.25) is 0 Å². The maximum Gasteiger partial charge on any atom is 0.163 e. The lowest BCUT2D eigenvalue weighted by Crippen LogP contribution is -2.25. The first kappa shape index (κ1) is 28.2. The van der Waals surface area contributed by atoms with E-state index >= 15 is 0 Å². The van der Waals surface area contributed by atoms with Crippen LogP contribution in [0.25, 0.3) is 22.6 Å². The first-order valence-corrected chi connectivity index (χ1v) is 14.1. The van der Waals surface area contributed by atoms with Gasteiger partial charge in [-0.1, -0.05) is 98.3 Å². The Bertz CT molecular complexity index is 1550. The van der Waals surface area contributed by atoms with Crippen molar-refractivity contribution in [3.63, 3.8) is 0 Å². The van der Waals surface area contributed by atoms with Gasteiger partial charge in [-0.25, -0.2) is 13.8 Å². The Balaban J connectivity index is 1.62. The smallest absolute Gasteiger partial charge is 0.163 e. The lowest BCUT2D eigenvalue weighted by Gasteiger charge is -2.25. The Morgan fingerprint density at radius 3 is 2.10 bits per heavy atom. The molecular formula is C35H35F2N3O. The molecule has 5 aromatic rings. The number of unbranched alkanes of at least 4 members (excludes halogenated alkanes) is 1. The highest BCUT2D eigenvalue weighted by atomic mass is 19.2. The molecule has 1 heterocycles. The van der Waals surface area contributed by atoms with Gasteiger partial charge in [0.25, 0.3) is 0 Å². The van der Waals surface area contributed by atoms with Crippen LogP contribution in [0.4, 0.5) is 8.78 Å². The van der Waals surface area contributed by atoms with Crippen LogP contribution in [0, 0.1) is 11.6 Å². The summed E-state index contributed by atoms with van der Waals surface area (Å²) in [5.41, 5.74) is 5.39. The molecule has 5 rings (SSSR count). The van der Waals surface area contributed by atoms with Crippen LogP contribution in [-0.4, -0.2) is 21.6 Å². The van der Waals surface area contributed by atoms with Gasteiger partial charge >= 0.3 is 0 Å². The SMILES string of the molecule is CCCCn1c(-c2ccccc2)nc(-c2ccccc2)c1CN(Cc1ccc(OC)cc1)Cc1cccc(F)c1F. The quantitative estimate of drug-likeness (QED) is 0.156. The Morgan fingerprint density at radius 1 is 0.756 bits per heavy atom. The topological polar surface area (TPSA) is 30.3 Å². The molecule has 4 aromatic carbocycles. The standard InChI is InChI=1S/C35H35F2N3O/c1-3-4-22-40-32(34(27-12-7-5-8-13-27)38-35(40)28-14-9-6-10-15-28)25-39(23-26-18-20-30(41-2)21-19-26)24-29-16-11-17-31(36)33(29)37/h5-21H,3-4,22-25H2,1-2H3. The van der Waals surface area contributed by atoms with Crippen molar-refractivity contribution in [1.29, 1.82) is 0 Å². The molecule has 210 valence electrons. The van der Waals surface area contributed by atoms with E-state index in [-0.39, 0.29) is 6.54 Å². The molecule has 0 aliphatic carbocycles. The number of imidazole rings is 1. The molecule has 0 aliphatic rings. The average Bonchev–Trinajstić information content (AvgIpc) is 3.37. The van der Waals surface area contributed by atoms with E-state index in [1.165, 1.54) is 0 Å². The van der Waals surface area contributed by atoms with Crippen molar-refractivity contribution in [2.75, 3.05) is 7.11 Å². The number of hydrogen-bond donors (Lipinski definition) is 0. The second-order valence-electron chi connectivity index (χ2n) is 10.2. The minimum atomic E-state index is -0.837. The van der Waals surface area contributed by atoms with Crippen LogP contribution in [-0.2, 0) is 26.2 Å². The molecule has 0 unspecified atom stereocenters. The van der Waals surface area contributed by atoms with Gasteiger partial charge in [-0.05, 0) is 30.2 Å². The number of halogens is 2. The normalized spacial score (nSPS) is 11.2. The summed E-state index contributed by atoms with van der Waals surface area (Å²) < 4.78 is 36.8. The minimum absolute atomic E-state index is 0.240. The minimum Gasteiger partial charge on any atom is -0.497 e. The third-order valence-corrected chi connectivity index (χ3v) is 7.25. The van der Waals surface area contributed by atoms with E-state index in [1.807, 2.05) is 60.7 Å². The first-order valence-electron chi connectivity index (χ1n) is 14.1. The molecule has 0 spiro atoms. The Hall–Kier alpha value is -4.29. The van der Waals surface area contributed by atoms with Crippen LogP contribution in [0.15, 0.2) is 103 Å². The third-order valence-electron chi connectivity index (χ3n) is 7.25. The highest BCUT2D eigenvalue weighted by Gasteiger charge is 2.23. The van der Waals surface area contributed by atoms with E-state index in [4.69, 9.17) is 9.72 Å². The molecule has 6 heteroatoms. The van der Waals surface area contributed by atoms with Crippen LogP contribution in [0.1, 0.15) is 36.6 Å². The fraction of sp³-hybridized carbons (Fsp3) is 0.229. The van der Waals surface area contributed by atoms with E-state index < -0.39 is 11.6 Å². The zero-order chi connectivity index (χ0) is 28.6. The molecule has 0 radical (unpaired) electrons. The molecule has 4 nitrogen and oxygen atoms in total. The highest BCUT2D eigenvalue weighted by molar-refractivity contribution is 5.68. The molecule has 1 aromatic heterocycles. The molecule has 0 atom stereocenters. The Morgan fingerprint density at radius 2 is 1.44 bits per heavy atom. The molecule has 0 bridgehead atoms. The van der Waals surface area contributed by atoms with E-state index in [0.29, 0.717) is 18.7 Å². The van der Waals surface area contributed by atoms with Crippen molar-refractivity contribution >= 4 is 0 Å². The van der Waals surface area contributed by atoms with Gasteiger partial charge in [0.2, 0.25) is 0 Å². The van der Waals surface area contributed by atoms with Crippen molar-refractivity contribution in [3.8, 4) is 28.4 Å². The zero-order valence-electron chi connectivity index (χ0n) is 23.6. The number of rotatable bonds is 12. The van der Waals surface area contributed by atoms with Gasteiger partial charge in [0.1, 0.15) is 11.6 Å². The largest absolute Gasteiger partial charge is 0.497 e.